The van der Waals surface area contributed by atoms with Crippen LogP contribution in [0, 0.1) is 0 Å². The van der Waals surface area contributed by atoms with Gasteiger partial charge in [-0.3, -0.25) is 0 Å². The van der Waals surface area contributed by atoms with Gasteiger partial charge in [0.15, 0.2) is 0 Å². The van der Waals surface area contributed by atoms with E-state index in [-0.39, 0.29) is 13.2 Å². The van der Waals surface area contributed by atoms with Crippen LogP contribution in [0.2, 0.25) is 0 Å². The molecule has 1 aliphatic heterocycles. The summed E-state index contributed by atoms with van der Waals surface area (Å²) in [6.45, 7) is 0.210. The molecule has 0 aromatic heterocycles. The van der Waals surface area contributed by atoms with E-state index in [9.17, 15) is 0 Å². The Morgan fingerprint density at radius 2 is 2.08 bits per heavy atom. The first-order chi connectivity index (χ1) is 5.79. The van der Waals surface area contributed by atoms with Crippen molar-refractivity contribution < 1.29 is 10.2 Å². The van der Waals surface area contributed by atoms with Crippen LogP contribution in [0.15, 0.2) is 23.3 Å². The van der Waals surface area contributed by atoms with E-state index >= 15 is 0 Å². The van der Waals surface area contributed by atoms with Gasteiger partial charge in [-0.15, -0.1) is 0 Å². The van der Waals surface area contributed by atoms with Crippen LogP contribution in [0.1, 0.15) is 0 Å². The molecule has 0 saturated carbocycles. The molecule has 2 N–H and O–H groups in total. The first-order valence-corrected chi connectivity index (χ1v) is 6.73. The summed E-state index contributed by atoms with van der Waals surface area (Å²) in [6.07, 6.45) is 3.70. The van der Waals surface area contributed by atoms with E-state index < -0.39 is 0 Å². The van der Waals surface area contributed by atoms with Crippen molar-refractivity contribution in [3.05, 3.63) is 23.3 Å². The first kappa shape index (κ1) is 10.6. The molecule has 0 amide bonds. The van der Waals surface area contributed by atoms with E-state index in [2.05, 4.69) is 0 Å². The zero-order chi connectivity index (χ0) is 8.97. The van der Waals surface area contributed by atoms with Crippen molar-refractivity contribution in [1.82, 2.24) is 0 Å². The average Bonchev–Trinajstić information content (AvgIpc) is 2.37. The zero-order valence-corrected chi connectivity index (χ0v) is 10.8. The third-order valence-corrected chi connectivity index (χ3v) is 5.51. The number of rotatable bonds is 2. The predicted octanol–water partition coefficient (Wildman–Crippen LogP) is -0.203. The number of aliphatic hydroxyl groups is 2. The summed E-state index contributed by atoms with van der Waals surface area (Å²) in [5, 5.41) is 17.5. The maximum absolute atomic E-state index is 8.77. The molecule has 0 aromatic rings. The van der Waals surface area contributed by atoms with Crippen LogP contribution in [0.4, 0.5) is 0 Å². The van der Waals surface area contributed by atoms with Crippen LogP contribution >= 0.6 is 11.8 Å². The third-order valence-electron chi connectivity index (χ3n) is 1.74. The summed E-state index contributed by atoms with van der Waals surface area (Å²) < 4.78 is 0.584. The Kier molecular flexibility index (Phi) is 4.71. The van der Waals surface area contributed by atoms with Crippen LogP contribution in [0.5, 0.6) is 0 Å². The second kappa shape index (κ2) is 5.32. The second-order valence-corrected chi connectivity index (χ2v) is 6.90. The van der Waals surface area contributed by atoms with Gasteiger partial charge in [0, 0.05) is 0 Å². The Hall–Kier alpha value is 0.549. The fourth-order valence-corrected chi connectivity index (χ4v) is 4.06. The minimum absolute atomic E-state index is 0.103. The van der Waals surface area contributed by atoms with Crippen molar-refractivity contribution in [1.29, 1.82) is 0 Å². The van der Waals surface area contributed by atoms with Gasteiger partial charge >= 0.3 is 90.0 Å². The number of aliphatic hydroxyl groups excluding tert-OH is 2. The topological polar surface area (TPSA) is 40.5 Å². The molecule has 1 unspecified atom stereocenters. The Morgan fingerprint density at radius 1 is 1.42 bits per heavy atom. The van der Waals surface area contributed by atoms with Gasteiger partial charge in [0.25, 0.3) is 0 Å². The molecule has 1 atom stereocenters. The van der Waals surface area contributed by atoms with E-state index in [0.29, 0.717) is 3.27 Å². The van der Waals surface area contributed by atoms with Crippen molar-refractivity contribution in [3.63, 3.8) is 0 Å². The molecule has 1 saturated heterocycles. The van der Waals surface area contributed by atoms with Crippen molar-refractivity contribution in [2.75, 3.05) is 19.0 Å². The van der Waals surface area contributed by atoms with Gasteiger partial charge in [0.2, 0.25) is 0 Å². The van der Waals surface area contributed by atoms with Crippen LogP contribution in [0.3, 0.4) is 0 Å². The molecular weight excluding hydrogens is 279 g/mol. The summed E-state index contributed by atoms with van der Waals surface area (Å²) in [4.78, 5) is 0. The molecule has 4 heteroatoms. The normalized spacial score (nSPS) is 30.4. The monoisotopic (exact) mass is 292 g/mol. The van der Waals surface area contributed by atoms with Crippen molar-refractivity contribution in [3.8, 4) is 0 Å². The predicted molar refractivity (Wildman–Crippen MR) is 53.7 cm³/mol. The molecule has 0 bridgehead atoms. The molecule has 1 heterocycles. The quantitative estimate of drug-likeness (QED) is 0.692. The first-order valence-electron chi connectivity index (χ1n) is 3.78. The molecular formula is C8H12O2SSn. The summed E-state index contributed by atoms with van der Waals surface area (Å²) in [6, 6.07) is 0. The Bertz CT molecular complexity index is 213. The van der Waals surface area contributed by atoms with E-state index in [1.165, 1.54) is 33.7 Å². The van der Waals surface area contributed by atoms with Crippen molar-refractivity contribution >= 4 is 34.3 Å². The van der Waals surface area contributed by atoms with E-state index in [1.807, 2.05) is 23.9 Å². The number of hydrogen-bond acceptors (Lipinski definition) is 3. The fraction of sp³-hybridized carbons (Fsp3) is 0.500. The van der Waals surface area contributed by atoms with E-state index in [4.69, 9.17) is 10.2 Å². The third kappa shape index (κ3) is 2.52. The summed E-state index contributed by atoms with van der Waals surface area (Å²) in [7, 11) is 0. The van der Waals surface area contributed by atoms with Crippen molar-refractivity contribution in [2.24, 2.45) is 0 Å². The Labute approximate surface area is 89.8 Å². The standard InChI is InChI=1S/C8H11O2S.Sn.H/c9-3-1-7-5-11-6-8(7)2-4-10;;/h1-2,5,9-10H,3-4,6H2;;. The molecule has 12 heavy (non-hydrogen) atoms. The Morgan fingerprint density at radius 3 is 2.67 bits per heavy atom. The number of hydrogen-bond donors (Lipinski definition) is 2. The van der Waals surface area contributed by atoms with Crippen LogP contribution in [-0.2, 0) is 0 Å². The van der Waals surface area contributed by atoms with Gasteiger partial charge in [0.05, 0.1) is 0 Å². The molecule has 1 fully saturated rings. The average molecular weight is 291 g/mol. The van der Waals surface area contributed by atoms with Gasteiger partial charge in [-0.1, -0.05) is 0 Å². The molecule has 2 radical (unpaired) electrons. The van der Waals surface area contributed by atoms with Crippen molar-refractivity contribution in [2.45, 2.75) is 3.27 Å². The van der Waals surface area contributed by atoms with Crippen LogP contribution < -0.4 is 0 Å². The molecule has 1 rings (SSSR count). The maximum atomic E-state index is 8.77. The van der Waals surface area contributed by atoms with Gasteiger partial charge in [-0.05, 0) is 0 Å². The molecule has 0 aromatic carbocycles. The summed E-state index contributed by atoms with van der Waals surface area (Å²) in [5.74, 6) is 0.984. The fourth-order valence-electron chi connectivity index (χ4n) is 1.17. The molecule has 1 aliphatic rings. The van der Waals surface area contributed by atoms with Gasteiger partial charge in [-0.25, -0.2) is 0 Å². The van der Waals surface area contributed by atoms with Gasteiger partial charge in [-0.2, -0.15) is 0 Å². The zero-order valence-electron chi connectivity index (χ0n) is 6.73. The molecule has 66 valence electrons. The van der Waals surface area contributed by atoms with Gasteiger partial charge in [0.1, 0.15) is 0 Å². The minimum atomic E-state index is 0.103. The van der Waals surface area contributed by atoms with Gasteiger partial charge < -0.3 is 0 Å². The molecule has 0 spiro atoms. The molecule has 0 aliphatic carbocycles. The van der Waals surface area contributed by atoms with Crippen LogP contribution in [-0.4, -0.2) is 55.0 Å². The van der Waals surface area contributed by atoms with E-state index in [1.54, 1.807) is 0 Å². The summed E-state index contributed by atoms with van der Waals surface area (Å²) in [5.41, 5.74) is 2.44. The summed E-state index contributed by atoms with van der Waals surface area (Å²) >= 11 is 3.06. The van der Waals surface area contributed by atoms with E-state index in [0.717, 1.165) is 5.75 Å². The number of thioether (sulfide) groups is 1. The van der Waals surface area contributed by atoms with Crippen LogP contribution in [0.25, 0.3) is 0 Å². The molecule has 2 nitrogen and oxygen atoms in total. The SMILES string of the molecule is OCC=C1CS[CH]([SnH])C1=CCO. The Balaban J connectivity index is 2.77. The second-order valence-electron chi connectivity index (χ2n) is 2.49.